The molecule has 0 saturated carbocycles. The van der Waals surface area contributed by atoms with Crippen LogP contribution in [0.15, 0.2) is 66.7 Å². The number of amides is 1. The SMILES string of the molecule is Cc1c(-c2ccc(Cl)cc2)nc2ccccc2c1C(=O)Nc1ccc2c(c1)OCCO2. The monoisotopic (exact) mass is 430 g/mol. The number of hydrogen-bond acceptors (Lipinski definition) is 4. The van der Waals surface area contributed by atoms with Crippen LogP contribution >= 0.6 is 11.6 Å². The fourth-order valence-electron chi connectivity index (χ4n) is 3.80. The van der Waals surface area contributed by atoms with Crippen LogP contribution in [-0.2, 0) is 0 Å². The second-order valence-corrected chi connectivity index (χ2v) is 7.73. The Labute approximate surface area is 184 Å². The number of pyridine rings is 1. The molecule has 0 atom stereocenters. The van der Waals surface area contributed by atoms with Gasteiger partial charge in [-0.3, -0.25) is 4.79 Å². The molecule has 31 heavy (non-hydrogen) atoms. The molecular formula is C25H19ClN2O3. The van der Waals surface area contributed by atoms with Gasteiger partial charge in [-0.25, -0.2) is 4.98 Å². The molecule has 1 aliphatic heterocycles. The Kier molecular flexibility index (Phi) is 4.96. The molecule has 0 unspecified atom stereocenters. The zero-order valence-electron chi connectivity index (χ0n) is 16.8. The highest BCUT2D eigenvalue weighted by atomic mass is 35.5. The molecule has 0 aliphatic carbocycles. The van der Waals surface area contributed by atoms with Crippen molar-refractivity contribution in [3.05, 3.63) is 82.9 Å². The third-order valence-electron chi connectivity index (χ3n) is 5.28. The van der Waals surface area contributed by atoms with Gasteiger partial charge in [-0.2, -0.15) is 0 Å². The quantitative estimate of drug-likeness (QED) is 0.440. The summed E-state index contributed by atoms with van der Waals surface area (Å²) in [6.45, 7) is 2.93. The minimum Gasteiger partial charge on any atom is -0.486 e. The normalized spacial score (nSPS) is 12.6. The standard InChI is InChI=1S/C25H19ClN2O3/c1-15-23(25(29)27-18-10-11-21-22(14-18)31-13-12-30-21)19-4-2-3-5-20(19)28-24(15)16-6-8-17(26)9-7-16/h2-11,14H,12-13H2,1H3,(H,27,29). The summed E-state index contributed by atoms with van der Waals surface area (Å²) in [5.74, 6) is 1.10. The van der Waals surface area contributed by atoms with Gasteiger partial charge in [-0.15, -0.1) is 0 Å². The first-order chi connectivity index (χ1) is 15.1. The van der Waals surface area contributed by atoms with Crippen LogP contribution in [0.3, 0.4) is 0 Å². The summed E-state index contributed by atoms with van der Waals surface area (Å²) < 4.78 is 11.2. The first kappa shape index (κ1) is 19.4. The lowest BCUT2D eigenvalue weighted by atomic mass is 9.97. The van der Waals surface area contributed by atoms with E-state index in [1.165, 1.54) is 0 Å². The summed E-state index contributed by atoms with van der Waals surface area (Å²) in [6, 6.07) is 20.5. The highest BCUT2D eigenvalue weighted by Gasteiger charge is 2.20. The van der Waals surface area contributed by atoms with Crippen LogP contribution in [0.1, 0.15) is 15.9 Å². The third-order valence-corrected chi connectivity index (χ3v) is 5.53. The van der Waals surface area contributed by atoms with E-state index in [0.29, 0.717) is 41.0 Å². The molecule has 5 rings (SSSR count). The number of anilines is 1. The largest absolute Gasteiger partial charge is 0.486 e. The number of ether oxygens (including phenoxy) is 2. The van der Waals surface area contributed by atoms with Gasteiger partial charge in [-0.1, -0.05) is 41.9 Å². The van der Waals surface area contributed by atoms with Crippen molar-refractivity contribution in [2.24, 2.45) is 0 Å². The van der Waals surface area contributed by atoms with E-state index in [1.54, 1.807) is 12.1 Å². The fraction of sp³-hybridized carbons (Fsp3) is 0.120. The van der Waals surface area contributed by atoms with E-state index in [2.05, 4.69) is 5.32 Å². The van der Waals surface area contributed by atoms with E-state index in [-0.39, 0.29) is 5.91 Å². The minimum absolute atomic E-state index is 0.206. The van der Waals surface area contributed by atoms with E-state index >= 15 is 0 Å². The van der Waals surface area contributed by atoms with Crippen molar-refractivity contribution in [3.8, 4) is 22.8 Å². The van der Waals surface area contributed by atoms with Gasteiger partial charge in [0.15, 0.2) is 11.5 Å². The smallest absolute Gasteiger partial charge is 0.256 e. The van der Waals surface area contributed by atoms with Crippen molar-refractivity contribution >= 4 is 34.1 Å². The van der Waals surface area contributed by atoms with Crippen LogP contribution in [-0.4, -0.2) is 24.1 Å². The molecule has 0 spiro atoms. The second-order valence-electron chi connectivity index (χ2n) is 7.30. The average Bonchev–Trinajstić information content (AvgIpc) is 2.79. The number of rotatable bonds is 3. The number of fused-ring (bicyclic) bond motifs is 2. The average molecular weight is 431 g/mol. The molecule has 1 aliphatic rings. The third kappa shape index (κ3) is 3.68. The summed E-state index contributed by atoms with van der Waals surface area (Å²) in [4.78, 5) is 18.2. The number of nitrogens with zero attached hydrogens (tertiary/aromatic N) is 1. The maximum Gasteiger partial charge on any atom is 0.256 e. The molecule has 1 N–H and O–H groups in total. The Bertz CT molecular complexity index is 1300. The summed E-state index contributed by atoms with van der Waals surface area (Å²) >= 11 is 6.05. The number of carbonyl (C=O) groups excluding carboxylic acids is 1. The van der Waals surface area contributed by atoms with Crippen molar-refractivity contribution in [1.29, 1.82) is 0 Å². The summed E-state index contributed by atoms with van der Waals surface area (Å²) in [5.41, 5.74) is 4.44. The molecular weight excluding hydrogens is 412 g/mol. The van der Waals surface area contributed by atoms with Gasteiger partial charge in [0.2, 0.25) is 0 Å². The number of benzene rings is 3. The topological polar surface area (TPSA) is 60.5 Å². The number of nitrogens with one attached hydrogen (secondary N) is 1. The van der Waals surface area contributed by atoms with E-state index in [9.17, 15) is 4.79 Å². The van der Waals surface area contributed by atoms with Crippen LogP contribution in [0, 0.1) is 6.92 Å². The lowest BCUT2D eigenvalue weighted by Crippen LogP contribution is -2.17. The predicted octanol–water partition coefficient (Wildman–Crippen LogP) is 5.89. The molecule has 154 valence electrons. The van der Waals surface area contributed by atoms with Gasteiger partial charge in [-0.05, 0) is 42.8 Å². The molecule has 4 aromatic rings. The number of hydrogen-bond donors (Lipinski definition) is 1. The van der Waals surface area contributed by atoms with Crippen LogP contribution in [0.4, 0.5) is 5.69 Å². The number of halogens is 1. The first-order valence-corrected chi connectivity index (χ1v) is 10.3. The molecule has 0 saturated heterocycles. The van der Waals surface area contributed by atoms with E-state index in [1.807, 2.05) is 61.5 Å². The Morgan fingerprint density at radius 2 is 1.71 bits per heavy atom. The maximum atomic E-state index is 13.4. The maximum absolute atomic E-state index is 13.4. The highest BCUT2D eigenvalue weighted by molar-refractivity contribution is 6.30. The van der Waals surface area contributed by atoms with Gasteiger partial charge in [0.1, 0.15) is 13.2 Å². The van der Waals surface area contributed by atoms with Crippen LogP contribution < -0.4 is 14.8 Å². The zero-order chi connectivity index (χ0) is 21.4. The molecule has 0 bridgehead atoms. The van der Waals surface area contributed by atoms with Crippen molar-refractivity contribution in [1.82, 2.24) is 4.98 Å². The minimum atomic E-state index is -0.206. The fourth-order valence-corrected chi connectivity index (χ4v) is 3.93. The molecule has 0 fully saturated rings. The molecule has 5 nitrogen and oxygen atoms in total. The molecule has 1 aromatic heterocycles. The Morgan fingerprint density at radius 1 is 0.968 bits per heavy atom. The molecule has 2 heterocycles. The first-order valence-electron chi connectivity index (χ1n) is 9.96. The number of para-hydroxylation sites is 1. The van der Waals surface area contributed by atoms with Crippen molar-refractivity contribution in [2.75, 3.05) is 18.5 Å². The second kappa shape index (κ2) is 7.93. The summed E-state index contributed by atoms with van der Waals surface area (Å²) in [7, 11) is 0. The molecule has 0 radical (unpaired) electrons. The summed E-state index contributed by atoms with van der Waals surface area (Å²) in [5, 5.41) is 4.46. The molecule has 1 amide bonds. The van der Waals surface area contributed by atoms with E-state index in [4.69, 9.17) is 26.1 Å². The van der Waals surface area contributed by atoms with E-state index in [0.717, 1.165) is 27.7 Å². The predicted molar refractivity (Wildman–Crippen MR) is 122 cm³/mol. The van der Waals surface area contributed by atoms with Gasteiger partial charge in [0.25, 0.3) is 5.91 Å². The van der Waals surface area contributed by atoms with Crippen molar-refractivity contribution < 1.29 is 14.3 Å². The Morgan fingerprint density at radius 3 is 2.52 bits per heavy atom. The highest BCUT2D eigenvalue weighted by Crippen LogP contribution is 2.34. The van der Waals surface area contributed by atoms with Gasteiger partial charge >= 0.3 is 0 Å². The Hall–Kier alpha value is -3.57. The summed E-state index contributed by atoms with van der Waals surface area (Å²) in [6.07, 6.45) is 0. The Balaban J connectivity index is 1.59. The van der Waals surface area contributed by atoms with Crippen LogP contribution in [0.25, 0.3) is 22.2 Å². The van der Waals surface area contributed by atoms with Crippen molar-refractivity contribution in [3.63, 3.8) is 0 Å². The van der Waals surface area contributed by atoms with Gasteiger partial charge in [0.05, 0.1) is 16.8 Å². The van der Waals surface area contributed by atoms with Crippen LogP contribution in [0.2, 0.25) is 5.02 Å². The van der Waals surface area contributed by atoms with Crippen molar-refractivity contribution in [2.45, 2.75) is 6.92 Å². The van der Waals surface area contributed by atoms with Gasteiger partial charge in [0, 0.05) is 27.7 Å². The van der Waals surface area contributed by atoms with Gasteiger partial charge < -0.3 is 14.8 Å². The lowest BCUT2D eigenvalue weighted by Gasteiger charge is -2.19. The number of aromatic nitrogens is 1. The molecule has 6 heteroatoms. The number of carbonyl (C=O) groups is 1. The van der Waals surface area contributed by atoms with E-state index < -0.39 is 0 Å². The zero-order valence-corrected chi connectivity index (χ0v) is 17.6. The van der Waals surface area contributed by atoms with Crippen LogP contribution in [0.5, 0.6) is 11.5 Å². The lowest BCUT2D eigenvalue weighted by molar-refractivity contribution is 0.102. The molecule has 3 aromatic carbocycles.